The Bertz CT molecular complexity index is 492. The van der Waals surface area contributed by atoms with E-state index in [9.17, 15) is 14.0 Å². The predicted molar refractivity (Wildman–Crippen MR) is 84.6 cm³/mol. The molecule has 122 valence electrons. The highest BCUT2D eigenvalue weighted by atomic mass is 35.5. The van der Waals surface area contributed by atoms with Gasteiger partial charge in [0, 0.05) is 18.7 Å². The smallest absolute Gasteiger partial charge is 0.251 e. The minimum absolute atomic E-state index is 0. The van der Waals surface area contributed by atoms with Gasteiger partial charge in [0.25, 0.3) is 5.91 Å². The van der Waals surface area contributed by atoms with Crippen LogP contribution in [0.1, 0.15) is 23.2 Å². The van der Waals surface area contributed by atoms with Gasteiger partial charge in [-0.05, 0) is 49.6 Å². The lowest BCUT2D eigenvalue weighted by molar-refractivity contribution is -0.120. The van der Waals surface area contributed by atoms with Crippen molar-refractivity contribution in [3.63, 3.8) is 0 Å². The normalized spacial score (nSPS) is 13.1. The van der Waals surface area contributed by atoms with Gasteiger partial charge in [0.05, 0.1) is 6.54 Å². The molecule has 3 N–H and O–H groups in total. The number of carbonyl (C=O) groups is 2. The number of hydrogen-bond acceptors (Lipinski definition) is 3. The van der Waals surface area contributed by atoms with Crippen molar-refractivity contribution in [1.82, 2.24) is 16.0 Å². The van der Waals surface area contributed by atoms with Crippen LogP contribution in [0.4, 0.5) is 4.39 Å². The third-order valence-electron chi connectivity index (χ3n) is 3.25. The van der Waals surface area contributed by atoms with Gasteiger partial charge < -0.3 is 16.0 Å². The fourth-order valence-electron chi connectivity index (χ4n) is 1.86. The zero-order valence-electron chi connectivity index (χ0n) is 12.2. The molecule has 22 heavy (non-hydrogen) atoms. The van der Waals surface area contributed by atoms with Crippen molar-refractivity contribution >= 4 is 24.2 Å². The molecule has 1 fully saturated rings. The van der Waals surface area contributed by atoms with Crippen molar-refractivity contribution in [2.24, 2.45) is 5.92 Å². The summed E-state index contributed by atoms with van der Waals surface area (Å²) in [5.74, 6) is 0.00750. The lowest BCUT2D eigenvalue weighted by Crippen LogP contribution is -2.39. The molecule has 1 aromatic carbocycles. The summed E-state index contributed by atoms with van der Waals surface area (Å²) in [5, 5.41) is 8.47. The fraction of sp³-hybridized carbons (Fsp3) is 0.467. The van der Waals surface area contributed by atoms with Crippen molar-refractivity contribution in [3.05, 3.63) is 35.6 Å². The number of carbonyl (C=O) groups excluding carboxylic acids is 2. The van der Waals surface area contributed by atoms with E-state index < -0.39 is 0 Å². The minimum Gasteiger partial charge on any atom is -0.353 e. The number of nitrogens with one attached hydrogen (secondary N) is 3. The van der Waals surface area contributed by atoms with Gasteiger partial charge in [-0.25, -0.2) is 4.39 Å². The molecule has 1 aliphatic carbocycles. The first-order chi connectivity index (χ1) is 10.1. The molecule has 1 aliphatic rings. The molecule has 0 saturated heterocycles. The molecule has 0 aliphatic heterocycles. The zero-order chi connectivity index (χ0) is 15.1. The summed E-state index contributed by atoms with van der Waals surface area (Å²) in [6.07, 6.45) is 2.51. The first-order valence-corrected chi connectivity index (χ1v) is 7.16. The van der Waals surface area contributed by atoms with E-state index in [1.807, 2.05) is 0 Å². The van der Waals surface area contributed by atoms with Crippen LogP contribution < -0.4 is 16.0 Å². The van der Waals surface area contributed by atoms with Crippen molar-refractivity contribution < 1.29 is 14.0 Å². The maximum Gasteiger partial charge on any atom is 0.251 e. The van der Waals surface area contributed by atoms with Gasteiger partial charge >= 0.3 is 0 Å². The Kier molecular flexibility index (Phi) is 7.84. The highest BCUT2D eigenvalue weighted by molar-refractivity contribution is 5.94. The molecule has 1 saturated carbocycles. The molecule has 0 aromatic heterocycles. The van der Waals surface area contributed by atoms with Gasteiger partial charge in [0.15, 0.2) is 0 Å². The Morgan fingerprint density at radius 2 is 1.73 bits per heavy atom. The molecule has 7 heteroatoms. The predicted octanol–water partition coefficient (Wildman–Crippen LogP) is 1.09. The van der Waals surface area contributed by atoms with Crippen molar-refractivity contribution in [2.75, 3.05) is 26.2 Å². The highest BCUT2D eigenvalue weighted by Crippen LogP contribution is 2.27. The van der Waals surface area contributed by atoms with Crippen LogP contribution in [0.5, 0.6) is 0 Å². The summed E-state index contributed by atoms with van der Waals surface area (Å²) in [4.78, 5) is 23.2. The Balaban J connectivity index is 0.00000242. The quantitative estimate of drug-likeness (QED) is 0.625. The molecule has 5 nitrogen and oxygen atoms in total. The molecule has 2 amide bonds. The summed E-state index contributed by atoms with van der Waals surface area (Å²) in [6.45, 7) is 1.92. The third-order valence-corrected chi connectivity index (χ3v) is 3.25. The summed E-state index contributed by atoms with van der Waals surface area (Å²) in [7, 11) is 0. The molecular formula is C15H21ClFN3O2. The molecule has 0 heterocycles. The highest BCUT2D eigenvalue weighted by Gasteiger charge is 2.20. The van der Waals surface area contributed by atoms with E-state index in [1.54, 1.807) is 0 Å². The second kappa shape index (κ2) is 9.38. The number of hydrogen-bond donors (Lipinski definition) is 3. The monoisotopic (exact) mass is 329 g/mol. The summed E-state index contributed by atoms with van der Waals surface area (Å²) >= 11 is 0. The molecule has 0 radical (unpaired) electrons. The van der Waals surface area contributed by atoms with E-state index in [-0.39, 0.29) is 30.0 Å². The van der Waals surface area contributed by atoms with Crippen LogP contribution in [0.25, 0.3) is 0 Å². The average molecular weight is 330 g/mol. The first kappa shape index (κ1) is 18.4. The Morgan fingerprint density at radius 3 is 2.36 bits per heavy atom. The molecular weight excluding hydrogens is 309 g/mol. The summed E-state index contributed by atoms with van der Waals surface area (Å²) in [6, 6.07) is 5.32. The van der Waals surface area contributed by atoms with E-state index in [2.05, 4.69) is 16.0 Å². The molecule has 0 spiro atoms. The van der Waals surface area contributed by atoms with E-state index in [4.69, 9.17) is 0 Å². The average Bonchev–Trinajstić information content (AvgIpc) is 3.28. The number of benzene rings is 1. The van der Waals surface area contributed by atoms with E-state index >= 15 is 0 Å². The second-order valence-corrected chi connectivity index (χ2v) is 5.19. The third kappa shape index (κ3) is 6.87. The van der Waals surface area contributed by atoms with Gasteiger partial charge in [-0.1, -0.05) is 0 Å². The van der Waals surface area contributed by atoms with Crippen LogP contribution in [0.15, 0.2) is 24.3 Å². The molecule has 0 unspecified atom stereocenters. The van der Waals surface area contributed by atoms with Gasteiger partial charge in [-0.15, -0.1) is 12.4 Å². The SMILES string of the molecule is Cl.O=C(CNCC1CC1)NCCNC(=O)c1ccc(F)cc1. The largest absolute Gasteiger partial charge is 0.353 e. The molecule has 0 bridgehead atoms. The van der Waals surface area contributed by atoms with Crippen LogP contribution in [-0.2, 0) is 4.79 Å². The minimum atomic E-state index is -0.377. The van der Waals surface area contributed by atoms with Crippen LogP contribution in [0, 0.1) is 11.7 Å². The molecule has 1 aromatic rings. The van der Waals surface area contributed by atoms with E-state index in [0.29, 0.717) is 25.2 Å². The van der Waals surface area contributed by atoms with Gasteiger partial charge in [0.1, 0.15) is 5.82 Å². The van der Waals surface area contributed by atoms with Crippen LogP contribution in [0.2, 0.25) is 0 Å². The van der Waals surface area contributed by atoms with Crippen molar-refractivity contribution in [2.45, 2.75) is 12.8 Å². The van der Waals surface area contributed by atoms with Gasteiger partial charge in [-0.3, -0.25) is 9.59 Å². The summed E-state index contributed by atoms with van der Waals surface area (Å²) < 4.78 is 12.7. The maximum absolute atomic E-state index is 12.7. The number of amides is 2. The maximum atomic E-state index is 12.7. The molecule has 2 rings (SSSR count). The standard InChI is InChI=1S/C15H20FN3O2.ClH/c16-13-5-3-12(4-6-13)15(21)19-8-7-18-14(20)10-17-9-11-1-2-11;/h3-6,11,17H,1-2,7-10H2,(H,18,20)(H,19,21);1H. The first-order valence-electron chi connectivity index (χ1n) is 7.16. The zero-order valence-corrected chi connectivity index (χ0v) is 13.0. The van der Waals surface area contributed by atoms with Gasteiger partial charge in [0.2, 0.25) is 5.91 Å². The summed E-state index contributed by atoms with van der Waals surface area (Å²) in [5.41, 5.74) is 0.397. The van der Waals surface area contributed by atoms with Crippen molar-refractivity contribution in [1.29, 1.82) is 0 Å². The van der Waals surface area contributed by atoms with Crippen LogP contribution in [-0.4, -0.2) is 38.0 Å². The van der Waals surface area contributed by atoms with Crippen LogP contribution in [0.3, 0.4) is 0 Å². The Morgan fingerprint density at radius 1 is 1.09 bits per heavy atom. The Labute approximate surface area is 135 Å². The lowest BCUT2D eigenvalue weighted by Gasteiger charge is -2.08. The fourth-order valence-corrected chi connectivity index (χ4v) is 1.86. The second-order valence-electron chi connectivity index (χ2n) is 5.19. The van der Waals surface area contributed by atoms with Crippen LogP contribution >= 0.6 is 12.4 Å². The lowest BCUT2D eigenvalue weighted by atomic mass is 10.2. The van der Waals surface area contributed by atoms with E-state index in [1.165, 1.54) is 37.1 Å². The van der Waals surface area contributed by atoms with Gasteiger partial charge in [-0.2, -0.15) is 0 Å². The number of halogens is 2. The van der Waals surface area contributed by atoms with Crippen molar-refractivity contribution in [3.8, 4) is 0 Å². The number of rotatable bonds is 8. The Hall–Kier alpha value is -1.66. The molecule has 0 atom stereocenters. The topological polar surface area (TPSA) is 70.2 Å². The van der Waals surface area contributed by atoms with E-state index in [0.717, 1.165) is 12.5 Å².